The molecule has 0 aliphatic carbocycles. The summed E-state index contributed by atoms with van der Waals surface area (Å²) in [4.78, 5) is 24.6. The predicted octanol–water partition coefficient (Wildman–Crippen LogP) is 2.14. The molecule has 3 rings (SSSR count). The molecule has 116 valence electrons. The van der Waals surface area contributed by atoms with Crippen LogP contribution in [0.1, 0.15) is 12.5 Å². The molecule has 0 spiro atoms. The van der Waals surface area contributed by atoms with Crippen LogP contribution in [0, 0.1) is 0 Å². The smallest absolute Gasteiger partial charge is 0.242 e. The highest BCUT2D eigenvalue weighted by molar-refractivity contribution is 5.91. The molecule has 0 saturated carbocycles. The van der Waals surface area contributed by atoms with Crippen molar-refractivity contribution >= 4 is 22.6 Å². The summed E-state index contributed by atoms with van der Waals surface area (Å²) in [6.07, 6.45) is 4.90. The number of hydrogen-bond donors (Lipinski definition) is 2. The first kappa shape index (κ1) is 14.9. The lowest BCUT2D eigenvalue weighted by Gasteiger charge is -2.15. The zero-order chi connectivity index (χ0) is 16.1. The van der Waals surface area contributed by atoms with E-state index in [-0.39, 0.29) is 5.91 Å². The van der Waals surface area contributed by atoms with Gasteiger partial charge in [0.2, 0.25) is 5.91 Å². The molecule has 0 radical (unpaired) electrons. The molecule has 1 aromatic carbocycles. The summed E-state index contributed by atoms with van der Waals surface area (Å²) in [5, 5.41) is 6.93. The number of nitrogens with zero attached hydrogens (tertiary/aromatic N) is 3. The lowest BCUT2D eigenvalue weighted by Crippen LogP contribution is -2.37. The van der Waals surface area contributed by atoms with Crippen LogP contribution in [0.25, 0.3) is 10.9 Å². The third kappa shape index (κ3) is 3.60. The van der Waals surface area contributed by atoms with E-state index < -0.39 is 6.04 Å². The normalized spacial score (nSPS) is 11.9. The Balaban J connectivity index is 1.66. The molecule has 23 heavy (non-hydrogen) atoms. The van der Waals surface area contributed by atoms with Crippen LogP contribution >= 0.6 is 0 Å². The summed E-state index contributed by atoms with van der Waals surface area (Å²) in [6, 6.07) is 11.0. The fraction of sp³-hybridized carbons (Fsp3) is 0.176. The van der Waals surface area contributed by atoms with E-state index in [1.54, 1.807) is 19.3 Å². The van der Waals surface area contributed by atoms with E-state index in [2.05, 4.69) is 25.6 Å². The molecule has 2 aromatic heterocycles. The first-order chi connectivity index (χ1) is 11.2. The Labute approximate surface area is 134 Å². The Morgan fingerprint density at radius 2 is 1.91 bits per heavy atom. The number of anilines is 1. The second-order valence-corrected chi connectivity index (χ2v) is 5.18. The number of carbonyl (C=O) groups excluding carboxylic acids is 1. The van der Waals surface area contributed by atoms with Gasteiger partial charge in [-0.2, -0.15) is 0 Å². The van der Waals surface area contributed by atoms with Crippen LogP contribution in [-0.2, 0) is 11.3 Å². The van der Waals surface area contributed by atoms with Gasteiger partial charge in [0.15, 0.2) is 0 Å². The molecular formula is C17H17N5O. The maximum atomic E-state index is 12.2. The van der Waals surface area contributed by atoms with Crippen LogP contribution < -0.4 is 10.6 Å². The number of nitrogens with one attached hydrogen (secondary N) is 2. The molecule has 0 fully saturated rings. The molecule has 3 aromatic rings. The summed E-state index contributed by atoms with van der Waals surface area (Å²) in [5.41, 5.74) is 1.85. The molecule has 0 aliphatic heterocycles. The van der Waals surface area contributed by atoms with E-state index in [4.69, 9.17) is 0 Å². The summed E-state index contributed by atoms with van der Waals surface area (Å²) in [7, 11) is 0. The SMILES string of the molecule is CC(Nc1ncnc2ccccc12)C(=O)NCc1ccncc1. The van der Waals surface area contributed by atoms with E-state index in [9.17, 15) is 4.79 Å². The summed E-state index contributed by atoms with van der Waals surface area (Å²) < 4.78 is 0. The summed E-state index contributed by atoms with van der Waals surface area (Å²) in [6.45, 7) is 2.27. The highest BCUT2D eigenvalue weighted by Crippen LogP contribution is 2.18. The molecule has 1 amide bonds. The van der Waals surface area contributed by atoms with E-state index in [0.29, 0.717) is 12.4 Å². The van der Waals surface area contributed by atoms with Gasteiger partial charge >= 0.3 is 0 Å². The molecule has 2 N–H and O–H groups in total. The minimum absolute atomic E-state index is 0.0931. The number of fused-ring (bicyclic) bond motifs is 1. The highest BCUT2D eigenvalue weighted by atomic mass is 16.2. The van der Waals surface area contributed by atoms with Crippen LogP contribution in [0.3, 0.4) is 0 Å². The first-order valence-electron chi connectivity index (χ1n) is 7.37. The number of hydrogen-bond acceptors (Lipinski definition) is 5. The van der Waals surface area contributed by atoms with Gasteiger partial charge in [-0.15, -0.1) is 0 Å². The Morgan fingerprint density at radius 3 is 2.74 bits per heavy atom. The Morgan fingerprint density at radius 1 is 1.13 bits per heavy atom. The lowest BCUT2D eigenvalue weighted by molar-refractivity contribution is -0.121. The van der Waals surface area contributed by atoms with E-state index in [0.717, 1.165) is 16.5 Å². The Kier molecular flexibility index (Phi) is 4.42. The molecule has 2 heterocycles. The van der Waals surface area contributed by atoms with Crippen molar-refractivity contribution in [2.45, 2.75) is 19.5 Å². The average Bonchev–Trinajstić information content (AvgIpc) is 2.61. The van der Waals surface area contributed by atoms with Crippen molar-refractivity contribution in [2.75, 3.05) is 5.32 Å². The maximum Gasteiger partial charge on any atom is 0.242 e. The average molecular weight is 307 g/mol. The number of benzene rings is 1. The van der Waals surface area contributed by atoms with Crippen LogP contribution in [0.2, 0.25) is 0 Å². The van der Waals surface area contributed by atoms with Gasteiger partial charge in [-0.25, -0.2) is 9.97 Å². The van der Waals surface area contributed by atoms with Gasteiger partial charge in [-0.05, 0) is 36.8 Å². The van der Waals surface area contributed by atoms with E-state index >= 15 is 0 Å². The number of para-hydroxylation sites is 1. The molecule has 0 aliphatic rings. The standard InChI is InChI=1S/C17H17N5O/c1-12(17(23)19-10-13-6-8-18-9-7-13)22-16-14-4-2-3-5-15(14)20-11-21-16/h2-9,11-12H,10H2,1H3,(H,19,23)(H,20,21,22). The second kappa shape index (κ2) is 6.83. The molecular weight excluding hydrogens is 290 g/mol. The summed E-state index contributed by atoms with van der Waals surface area (Å²) in [5.74, 6) is 0.562. The fourth-order valence-corrected chi connectivity index (χ4v) is 2.23. The Hall–Kier alpha value is -3.02. The van der Waals surface area contributed by atoms with Gasteiger partial charge in [0.25, 0.3) is 0 Å². The van der Waals surface area contributed by atoms with Crippen LogP contribution in [0.4, 0.5) is 5.82 Å². The number of rotatable bonds is 5. The zero-order valence-corrected chi connectivity index (χ0v) is 12.7. The minimum atomic E-state index is -0.407. The monoisotopic (exact) mass is 307 g/mol. The Bertz CT molecular complexity index is 801. The van der Waals surface area contributed by atoms with Crippen molar-refractivity contribution in [3.63, 3.8) is 0 Å². The molecule has 1 atom stereocenters. The largest absolute Gasteiger partial charge is 0.358 e. The van der Waals surface area contributed by atoms with Crippen molar-refractivity contribution in [3.8, 4) is 0 Å². The quantitative estimate of drug-likeness (QED) is 0.755. The molecule has 0 saturated heterocycles. The van der Waals surface area contributed by atoms with E-state index in [1.165, 1.54) is 6.33 Å². The van der Waals surface area contributed by atoms with Crippen molar-refractivity contribution in [1.82, 2.24) is 20.3 Å². The zero-order valence-electron chi connectivity index (χ0n) is 12.7. The van der Waals surface area contributed by atoms with Gasteiger partial charge in [-0.1, -0.05) is 12.1 Å². The molecule has 6 nitrogen and oxygen atoms in total. The van der Waals surface area contributed by atoms with Crippen molar-refractivity contribution in [2.24, 2.45) is 0 Å². The fourth-order valence-electron chi connectivity index (χ4n) is 2.23. The van der Waals surface area contributed by atoms with Crippen molar-refractivity contribution in [1.29, 1.82) is 0 Å². The van der Waals surface area contributed by atoms with Gasteiger partial charge in [-0.3, -0.25) is 9.78 Å². The van der Waals surface area contributed by atoms with Gasteiger partial charge in [0, 0.05) is 24.3 Å². The third-order valence-corrected chi connectivity index (χ3v) is 3.51. The minimum Gasteiger partial charge on any atom is -0.358 e. The van der Waals surface area contributed by atoms with Gasteiger partial charge in [0.05, 0.1) is 5.52 Å². The van der Waals surface area contributed by atoms with Crippen LogP contribution in [0.15, 0.2) is 55.1 Å². The van der Waals surface area contributed by atoms with Crippen LogP contribution in [-0.4, -0.2) is 26.9 Å². The number of amides is 1. The predicted molar refractivity (Wildman–Crippen MR) is 88.7 cm³/mol. The number of carbonyl (C=O) groups is 1. The van der Waals surface area contributed by atoms with Gasteiger partial charge < -0.3 is 10.6 Å². The molecule has 1 unspecified atom stereocenters. The molecule has 0 bridgehead atoms. The van der Waals surface area contributed by atoms with Crippen LogP contribution in [0.5, 0.6) is 0 Å². The molecule has 6 heteroatoms. The summed E-state index contributed by atoms with van der Waals surface area (Å²) >= 11 is 0. The van der Waals surface area contributed by atoms with Crippen molar-refractivity contribution < 1.29 is 4.79 Å². The topological polar surface area (TPSA) is 79.8 Å². The van der Waals surface area contributed by atoms with Crippen molar-refractivity contribution in [3.05, 3.63) is 60.7 Å². The number of aromatic nitrogens is 3. The first-order valence-corrected chi connectivity index (χ1v) is 7.37. The third-order valence-electron chi connectivity index (χ3n) is 3.51. The van der Waals surface area contributed by atoms with Gasteiger partial charge in [0.1, 0.15) is 18.2 Å². The second-order valence-electron chi connectivity index (χ2n) is 5.18. The maximum absolute atomic E-state index is 12.2. The number of pyridine rings is 1. The highest BCUT2D eigenvalue weighted by Gasteiger charge is 2.14. The van der Waals surface area contributed by atoms with E-state index in [1.807, 2.05) is 36.4 Å². The lowest BCUT2D eigenvalue weighted by atomic mass is 10.2.